The van der Waals surface area contributed by atoms with Crippen molar-refractivity contribution in [2.75, 3.05) is 12.8 Å². The number of benzene rings is 1. The van der Waals surface area contributed by atoms with E-state index in [-0.39, 0.29) is 11.4 Å². The van der Waals surface area contributed by atoms with E-state index in [1.54, 1.807) is 43.7 Å². The van der Waals surface area contributed by atoms with Gasteiger partial charge in [0.25, 0.3) is 0 Å². The maximum Gasteiger partial charge on any atom is 0.143 e. The summed E-state index contributed by atoms with van der Waals surface area (Å²) in [6, 6.07) is 15.0. The second-order valence-corrected chi connectivity index (χ2v) is 6.21. The Morgan fingerprint density at radius 1 is 1.15 bits per heavy atom. The van der Waals surface area contributed by atoms with E-state index in [1.807, 2.05) is 6.07 Å². The number of thioether (sulfide) groups is 1. The molecule has 1 aromatic carbocycles. The van der Waals surface area contributed by atoms with Crippen molar-refractivity contribution in [2.24, 2.45) is 0 Å². The number of nitriles is 2. The van der Waals surface area contributed by atoms with Crippen molar-refractivity contribution >= 4 is 17.6 Å². The number of ether oxygens (including phenoxy) is 1. The molecule has 0 spiro atoms. The van der Waals surface area contributed by atoms with Gasteiger partial charge in [-0.3, -0.25) is 0 Å². The number of hydrogen-bond acceptors (Lipinski definition) is 7. The number of nitrogens with two attached hydrogens (primary N) is 1. The lowest BCUT2D eigenvalue weighted by Gasteiger charge is -2.13. The number of methoxy groups -OCH3 is 1. The molecular formula is C19H14N4O2S. The number of furan rings is 1. The summed E-state index contributed by atoms with van der Waals surface area (Å²) < 4.78 is 10.5. The van der Waals surface area contributed by atoms with Gasteiger partial charge in [-0.25, -0.2) is 4.98 Å². The largest absolute Gasteiger partial charge is 0.497 e. The molecule has 3 aromatic rings. The summed E-state index contributed by atoms with van der Waals surface area (Å²) in [5, 5.41) is 19.7. The number of pyridine rings is 1. The van der Waals surface area contributed by atoms with Gasteiger partial charge in [-0.2, -0.15) is 10.5 Å². The molecule has 3 rings (SSSR count). The van der Waals surface area contributed by atoms with Gasteiger partial charge in [-0.05, 0) is 29.8 Å². The first-order chi connectivity index (χ1) is 12.7. The van der Waals surface area contributed by atoms with E-state index in [4.69, 9.17) is 14.9 Å². The first-order valence-corrected chi connectivity index (χ1v) is 8.59. The van der Waals surface area contributed by atoms with Crippen LogP contribution in [-0.2, 0) is 5.75 Å². The molecule has 7 heteroatoms. The molecule has 2 heterocycles. The van der Waals surface area contributed by atoms with Crippen molar-refractivity contribution in [3.63, 3.8) is 0 Å². The summed E-state index contributed by atoms with van der Waals surface area (Å²) in [5.41, 5.74) is 7.68. The molecule has 2 aromatic heterocycles. The van der Waals surface area contributed by atoms with Crippen molar-refractivity contribution in [1.82, 2.24) is 4.98 Å². The number of rotatable bonds is 5. The van der Waals surface area contributed by atoms with Crippen LogP contribution in [0, 0.1) is 22.7 Å². The Morgan fingerprint density at radius 2 is 1.88 bits per heavy atom. The van der Waals surface area contributed by atoms with E-state index in [2.05, 4.69) is 17.1 Å². The van der Waals surface area contributed by atoms with Gasteiger partial charge >= 0.3 is 0 Å². The highest BCUT2D eigenvalue weighted by atomic mass is 32.2. The van der Waals surface area contributed by atoms with Crippen LogP contribution in [0.15, 0.2) is 52.1 Å². The van der Waals surface area contributed by atoms with Gasteiger partial charge in [0.05, 0.1) is 24.7 Å². The first kappa shape index (κ1) is 17.4. The van der Waals surface area contributed by atoms with E-state index < -0.39 is 0 Å². The second kappa shape index (κ2) is 7.64. The zero-order valence-electron chi connectivity index (χ0n) is 13.9. The van der Waals surface area contributed by atoms with Crippen molar-refractivity contribution in [3.05, 3.63) is 59.5 Å². The Morgan fingerprint density at radius 3 is 2.46 bits per heavy atom. The van der Waals surface area contributed by atoms with Gasteiger partial charge in [0.2, 0.25) is 0 Å². The lowest BCUT2D eigenvalue weighted by Crippen LogP contribution is -2.03. The monoisotopic (exact) mass is 362 g/mol. The molecule has 0 atom stereocenters. The molecule has 0 aliphatic rings. The third kappa shape index (κ3) is 3.34. The molecule has 0 bridgehead atoms. The van der Waals surface area contributed by atoms with E-state index >= 15 is 0 Å². The maximum absolute atomic E-state index is 9.73. The molecule has 0 unspecified atom stereocenters. The van der Waals surface area contributed by atoms with Crippen LogP contribution in [0.4, 0.5) is 5.82 Å². The average Bonchev–Trinajstić information content (AvgIpc) is 3.19. The minimum Gasteiger partial charge on any atom is -0.497 e. The normalized spacial score (nSPS) is 10.1. The number of hydrogen-bond donors (Lipinski definition) is 1. The third-order valence-electron chi connectivity index (χ3n) is 3.73. The van der Waals surface area contributed by atoms with Crippen LogP contribution in [0.5, 0.6) is 5.75 Å². The zero-order valence-corrected chi connectivity index (χ0v) is 14.7. The molecule has 6 nitrogen and oxygen atoms in total. The molecule has 0 amide bonds. The molecule has 0 fully saturated rings. The predicted octanol–water partition coefficient (Wildman–Crippen LogP) is 3.97. The molecule has 128 valence electrons. The zero-order chi connectivity index (χ0) is 18.5. The standard InChI is InChI=1S/C19H14N4O2S/c1-24-13-6-4-12(5-7-13)17-15(9-20)18(22)23-19(16(17)10-21)26-11-14-3-2-8-25-14/h2-8H,11H2,1H3,(H2,22,23). The Labute approximate surface area is 154 Å². The molecular weight excluding hydrogens is 348 g/mol. The van der Waals surface area contributed by atoms with Crippen LogP contribution in [0.3, 0.4) is 0 Å². The minimum absolute atomic E-state index is 0.0965. The topological polar surface area (TPSA) is 109 Å². The number of anilines is 1. The third-order valence-corrected chi connectivity index (χ3v) is 4.72. The highest BCUT2D eigenvalue weighted by Crippen LogP contribution is 2.37. The SMILES string of the molecule is COc1ccc(-c2c(C#N)c(N)nc(SCc3ccco3)c2C#N)cc1. The average molecular weight is 362 g/mol. The fourth-order valence-corrected chi connectivity index (χ4v) is 3.38. The molecule has 0 saturated carbocycles. The molecule has 0 saturated heterocycles. The Balaban J connectivity index is 2.11. The van der Waals surface area contributed by atoms with Gasteiger partial charge in [0, 0.05) is 5.56 Å². The summed E-state index contributed by atoms with van der Waals surface area (Å²) >= 11 is 1.34. The first-order valence-electron chi connectivity index (χ1n) is 7.61. The molecule has 26 heavy (non-hydrogen) atoms. The molecule has 0 aliphatic heterocycles. The Bertz CT molecular complexity index is 1000. The van der Waals surface area contributed by atoms with Crippen molar-refractivity contribution < 1.29 is 9.15 Å². The van der Waals surface area contributed by atoms with E-state index in [9.17, 15) is 10.5 Å². The highest BCUT2D eigenvalue weighted by molar-refractivity contribution is 7.98. The fourth-order valence-electron chi connectivity index (χ4n) is 2.48. The van der Waals surface area contributed by atoms with Gasteiger partial charge in [-0.15, -0.1) is 0 Å². The van der Waals surface area contributed by atoms with Crippen molar-refractivity contribution in [1.29, 1.82) is 10.5 Å². The summed E-state index contributed by atoms with van der Waals surface area (Å²) in [6.45, 7) is 0. The van der Waals surface area contributed by atoms with E-state index in [0.29, 0.717) is 33.2 Å². The summed E-state index contributed by atoms with van der Waals surface area (Å²) in [5.74, 6) is 2.04. The predicted molar refractivity (Wildman–Crippen MR) is 98.3 cm³/mol. The lowest BCUT2D eigenvalue weighted by atomic mass is 9.97. The van der Waals surface area contributed by atoms with Gasteiger partial charge < -0.3 is 14.9 Å². The fraction of sp³-hybridized carbons (Fsp3) is 0.105. The Hall–Kier alpha value is -3.42. The van der Waals surface area contributed by atoms with Crippen molar-refractivity contribution in [2.45, 2.75) is 10.8 Å². The lowest BCUT2D eigenvalue weighted by molar-refractivity contribution is 0.415. The van der Waals surface area contributed by atoms with E-state index in [1.165, 1.54) is 11.8 Å². The van der Waals surface area contributed by atoms with Gasteiger partial charge in [0.1, 0.15) is 40.1 Å². The highest BCUT2D eigenvalue weighted by Gasteiger charge is 2.20. The molecule has 0 aliphatic carbocycles. The number of nitrogens with zero attached hydrogens (tertiary/aromatic N) is 3. The van der Waals surface area contributed by atoms with E-state index in [0.717, 1.165) is 5.76 Å². The number of aromatic nitrogens is 1. The van der Waals surface area contributed by atoms with Crippen LogP contribution >= 0.6 is 11.8 Å². The summed E-state index contributed by atoms with van der Waals surface area (Å²) in [7, 11) is 1.57. The van der Waals surface area contributed by atoms with Gasteiger partial charge in [-0.1, -0.05) is 23.9 Å². The maximum atomic E-state index is 9.73. The van der Waals surface area contributed by atoms with Crippen molar-refractivity contribution in [3.8, 4) is 29.0 Å². The van der Waals surface area contributed by atoms with Crippen LogP contribution in [-0.4, -0.2) is 12.1 Å². The summed E-state index contributed by atoms with van der Waals surface area (Å²) in [4.78, 5) is 4.26. The molecule has 0 radical (unpaired) electrons. The Kier molecular flexibility index (Phi) is 5.12. The van der Waals surface area contributed by atoms with Crippen LogP contribution in [0.25, 0.3) is 11.1 Å². The summed E-state index contributed by atoms with van der Waals surface area (Å²) in [6.07, 6.45) is 1.59. The molecule has 2 N–H and O–H groups in total. The van der Waals surface area contributed by atoms with Gasteiger partial charge in [0.15, 0.2) is 0 Å². The van der Waals surface area contributed by atoms with Crippen LogP contribution < -0.4 is 10.5 Å². The second-order valence-electron chi connectivity index (χ2n) is 5.25. The minimum atomic E-state index is 0.0965. The smallest absolute Gasteiger partial charge is 0.143 e. The quantitative estimate of drug-likeness (QED) is 0.684. The van der Waals surface area contributed by atoms with Crippen LogP contribution in [0.1, 0.15) is 16.9 Å². The van der Waals surface area contributed by atoms with Crippen LogP contribution in [0.2, 0.25) is 0 Å². The number of nitrogen functional groups attached to an aromatic ring is 1.